The van der Waals surface area contributed by atoms with E-state index in [1.807, 2.05) is 7.05 Å². The molecule has 1 aromatic rings. The lowest BCUT2D eigenvalue weighted by molar-refractivity contribution is 0.0747. The SMILES string of the molecule is COc1ccc(C(=O)N(C)CC2CC(Cl)C2)cc1Br. The van der Waals surface area contributed by atoms with E-state index in [2.05, 4.69) is 15.9 Å². The number of hydrogen-bond donors (Lipinski definition) is 0. The van der Waals surface area contributed by atoms with Crippen molar-refractivity contribution in [3.63, 3.8) is 0 Å². The van der Waals surface area contributed by atoms with Gasteiger partial charge < -0.3 is 9.64 Å². The third-order valence-corrected chi connectivity index (χ3v) is 4.43. The number of halogens is 2. The monoisotopic (exact) mass is 345 g/mol. The molecule has 0 aromatic heterocycles. The maximum absolute atomic E-state index is 12.3. The minimum Gasteiger partial charge on any atom is -0.496 e. The average molecular weight is 347 g/mol. The number of carbonyl (C=O) groups is 1. The summed E-state index contributed by atoms with van der Waals surface area (Å²) in [5, 5.41) is 0.295. The van der Waals surface area contributed by atoms with Crippen LogP contribution in [0.4, 0.5) is 0 Å². The Balaban J connectivity index is 2.00. The van der Waals surface area contributed by atoms with E-state index in [1.54, 1.807) is 30.2 Å². The van der Waals surface area contributed by atoms with Crippen LogP contribution in [0.3, 0.4) is 0 Å². The minimum atomic E-state index is 0.0291. The fraction of sp³-hybridized carbons (Fsp3) is 0.500. The third kappa shape index (κ3) is 3.42. The molecule has 0 saturated heterocycles. The molecule has 1 aromatic carbocycles. The van der Waals surface area contributed by atoms with Crippen molar-refractivity contribution in [3.8, 4) is 5.75 Å². The van der Waals surface area contributed by atoms with E-state index in [0.717, 1.165) is 29.6 Å². The summed E-state index contributed by atoms with van der Waals surface area (Å²) in [6.07, 6.45) is 2.01. The predicted molar refractivity (Wildman–Crippen MR) is 80.0 cm³/mol. The molecule has 0 N–H and O–H groups in total. The van der Waals surface area contributed by atoms with E-state index in [4.69, 9.17) is 16.3 Å². The van der Waals surface area contributed by atoms with Gasteiger partial charge in [-0.05, 0) is 52.9 Å². The van der Waals surface area contributed by atoms with Crippen molar-refractivity contribution in [2.24, 2.45) is 5.92 Å². The van der Waals surface area contributed by atoms with Crippen molar-refractivity contribution in [1.82, 2.24) is 4.90 Å². The van der Waals surface area contributed by atoms with Crippen LogP contribution in [0.2, 0.25) is 0 Å². The molecule has 1 saturated carbocycles. The molecular weight excluding hydrogens is 330 g/mol. The molecule has 1 amide bonds. The van der Waals surface area contributed by atoms with Crippen LogP contribution in [-0.4, -0.2) is 36.9 Å². The molecule has 0 radical (unpaired) electrons. The zero-order valence-electron chi connectivity index (χ0n) is 11.0. The quantitative estimate of drug-likeness (QED) is 0.780. The summed E-state index contributed by atoms with van der Waals surface area (Å²) in [7, 11) is 3.44. The first-order valence-corrected chi connectivity index (χ1v) is 7.47. The fourth-order valence-corrected chi connectivity index (χ4v) is 3.34. The van der Waals surface area contributed by atoms with Gasteiger partial charge in [-0.1, -0.05) is 0 Å². The van der Waals surface area contributed by atoms with E-state index >= 15 is 0 Å². The second-order valence-corrected chi connectivity index (χ2v) is 6.44. The van der Waals surface area contributed by atoms with Crippen molar-refractivity contribution in [3.05, 3.63) is 28.2 Å². The van der Waals surface area contributed by atoms with E-state index < -0.39 is 0 Å². The summed E-state index contributed by atoms with van der Waals surface area (Å²) >= 11 is 9.35. The van der Waals surface area contributed by atoms with Gasteiger partial charge >= 0.3 is 0 Å². The van der Waals surface area contributed by atoms with Gasteiger partial charge in [0, 0.05) is 24.5 Å². The Kier molecular flexibility index (Phi) is 4.74. The first-order chi connectivity index (χ1) is 9.01. The van der Waals surface area contributed by atoms with E-state index in [1.165, 1.54) is 0 Å². The zero-order valence-corrected chi connectivity index (χ0v) is 13.4. The Bertz CT molecular complexity index is 475. The van der Waals surface area contributed by atoms with Crippen molar-refractivity contribution in [1.29, 1.82) is 0 Å². The Labute approximate surface area is 127 Å². The normalized spacial score (nSPS) is 21.7. The van der Waals surface area contributed by atoms with Crippen molar-refractivity contribution in [2.75, 3.05) is 20.7 Å². The van der Waals surface area contributed by atoms with Gasteiger partial charge in [0.15, 0.2) is 0 Å². The summed E-state index contributed by atoms with van der Waals surface area (Å²) in [6.45, 7) is 0.770. The van der Waals surface area contributed by atoms with Gasteiger partial charge in [0.25, 0.3) is 5.91 Å². The van der Waals surface area contributed by atoms with Crippen molar-refractivity contribution >= 4 is 33.4 Å². The Hall–Kier alpha value is -0.740. The first-order valence-electron chi connectivity index (χ1n) is 6.24. The van der Waals surface area contributed by atoms with Gasteiger partial charge in [0.2, 0.25) is 0 Å². The van der Waals surface area contributed by atoms with E-state index in [9.17, 15) is 4.79 Å². The number of amides is 1. The van der Waals surface area contributed by atoms with E-state index in [0.29, 0.717) is 16.9 Å². The van der Waals surface area contributed by atoms with Gasteiger partial charge in [-0.3, -0.25) is 4.79 Å². The molecule has 1 aliphatic rings. The molecule has 0 aliphatic heterocycles. The summed E-state index contributed by atoms with van der Waals surface area (Å²) in [5.41, 5.74) is 0.664. The average Bonchev–Trinajstić information content (AvgIpc) is 2.35. The van der Waals surface area contributed by atoms with Crippen LogP contribution in [0.1, 0.15) is 23.2 Å². The van der Waals surface area contributed by atoms with Crippen LogP contribution in [0.25, 0.3) is 0 Å². The Morgan fingerprint density at radius 1 is 1.53 bits per heavy atom. The molecule has 0 bridgehead atoms. The molecule has 3 nitrogen and oxygen atoms in total. The highest BCUT2D eigenvalue weighted by atomic mass is 79.9. The van der Waals surface area contributed by atoms with Crippen molar-refractivity contribution < 1.29 is 9.53 Å². The topological polar surface area (TPSA) is 29.5 Å². The molecule has 0 spiro atoms. The number of alkyl halides is 1. The second-order valence-electron chi connectivity index (χ2n) is 4.97. The number of carbonyl (C=O) groups excluding carboxylic acids is 1. The highest BCUT2D eigenvalue weighted by Gasteiger charge is 2.29. The molecule has 1 fully saturated rings. The molecule has 19 heavy (non-hydrogen) atoms. The Morgan fingerprint density at radius 3 is 2.74 bits per heavy atom. The minimum absolute atomic E-state index is 0.0291. The molecule has 0 atom stereocenters. The maximum atomic E-state index is 12.3. The maximum Gasteiger partial charge on any atom is 0.253 e. The summed E-state index contributed by atoms with van der Waals surface area (Å²) in [6, 6.07) is 5.37. The number of rotatable bonds is 4. The Morgan fingerprint density at radius 2 is 2.21 bits per heavy atom. The van der Waals surface area contributed by atoms with Crippen LogP contribution in [0.5, 0.6) is 5.75 Å². The van der Waals surface area contributed by atoms with Crippen molar-refractivity contribution in [2.45, 2.75) is 18.2 Å². The van der Waals surface area contributed by atoms with Gasteiger partial charge in [0.1, 0.15) is 5.75 Å². The second kappa shape index (κ2) is 6.14. The number of ether oxygens (including phenoxy) is 1. The predicted octanol–water partition coefficient (Wildman–Crippen LogP) is 3.55. The van der Waals surface area contributed by atoms with Gasteiger partial charge in [-0.15, -0.1) is 11.6 Å². The van der Waals surface area contributed by atoms with Crippen LogP contribution in [-0.2, 0) is 0 Å². The van der Waals surface area contributed by atoms with Crippen LogP contribution in [0, 0.1) is 5.92 Å². The van der Waals surface area contributed by atoms with Gasteiger partial charge in [-0.25, -0.2) is 0 Å². The lowest BCUT2D eigenvalue weighted by Gasteiger charge is -2.34. The standard InChI is InChI=1S/C14H17BrClNO2/c1-17(8-9-5-11(16)6-9)14(18)10-3-4-13(19-2)12(15)7-10/h3-4,7,9,11H,5-6,8H2,1-2H3. The summed E-state index contributed by atoms with van der Waals surface area (Å²) in [4.78, 5) is 14.1. The van der Waals surface area contributed by atoms with Crippen LogP contribution in [0.15, 0.2) is 22.7 Å². The molecule has 104 valence electrons. The lowest BCUT2D eigenvalue weighted by atomic mass is 9.84. The number of benzene rings is 1. The molecule has 2 rings (SSSR count). The summed E-state index contributed by atoms with van der Waals surface area (Å²) in [5.74, 6) is 1.29. The third-order valence-electron chi connectivity index (χ3n) is 3.46. The molecule has 0 unspecified atom stereocenters. The fourth-order valence-electron chi connectivity index (χ4n) is 2.29. The van der Waals surface area contributed by atoms with E-state index in [-0.39, 0.29) is 5.91 Å². The molecule has 5 heteroatoms. The van der Waals surface area contributed by atoms with Gasteiger partial charge in [-0.2, -0.15) is 0 Å². The summed E-state index contributed by atoms with van der Waals surface area (Å²) < 4.78 is 5.95. The highest BCUT2D eigenvalue weighted by molar-refractivity contribution is 9.10. The number of methoxy groups -OCH3 is 1. The zero-order chi connectivity index (χ0) is 14.0. The van der Waals surface area contributed by atoms with Crippen LogP contribution < -0.4 is 4.74 Å². The van der Waals surface area contributed by atoms with Crippen LogP contribution >= 0.6 is 27.5 Å². The largest absolute Gasteiger partial charge is 0.496 e. The number of nitrogens with zero attached hydrogens (tertiary/aromatic N) is 1. The molecule has 1 aliphatic carbocycles. The smallest absolute Gasteiger partial charge is 0.253 e. The van der Waals surface area contributed by atoms with Gasteiger partial charge in [0.05, 0.1) is 11.6 Å². The lowest BCUT2D eigenvalue weighted by Crippen LogP contribution is -2.37. The molecule has 0 heterocycles. The molecular formula is C14H17BrClNO2. The first kappa shape index (κ1) is 14.7. The number of hydrogen-bond acceptors (Lipinski definition) is 2. The highest BCUT2D eigenvalue weighted by Crippen LogP contribution is 2.32.